The topological polar surface area (TPSA) is 70.3 Å². The molecule has 4 aromatic rings. The van der Waals surface area contributed by atoms with Crippen LogP contribution in [0.1, 0.15) is 34.1 Å². The highest BCUT2D eigenvalue weighted by Gasteiger charge is 2.31. The van der Waals surface area contributed by atoms with Gasteiger partial charge in [-0.05, 0) is 49.2 Å². The summed E-state index contributed by atoms with van der Waals surface area (Å²) in [6.45, 7) is 5.14. The maximum absolute atomic E-state index is 5.89. The largest absolute Gasteiger partial charge is 0.492 e. The molecule has 6 nitrogen and oxygen atoms in total. The second kappa shape index (κ2) is 7.63. The van der Waals surface area contributed by atoms with Crippen LogP contribution in [0.5, 0.6) is 11.5 Å². The zero-order valence-electron chi connectivity index (χ0n) is 16.8. The summed E-state index contributed by atoms with van der Waals surface area (Å²) in [5.74, 6) is 2.69. The van der Waals surface area contributed by atoms with Crippen molar-refractivity contribution in [3.8, 4) is 22.9 Å². The van der Waals surface area contributed by atoms with E-state index in [0.717, 1.165) is 28.2 Å². The lowest BCUT2D eigenvalue weighted by atomic mass is 9.97. The number of hydrogen-bond acceptors (Lipinski definition) is 6. The van der Waals surface area contributed by atoms with E-state index in [1.54, 1.807) is 12.4 Å². The molecule has 1 atom stereocenters. The molecule has 0 unspecified atom stereocenters. The van der Waals surface area contributed by atoms with Gasteiger partial charge in [-0.3, -0.25) is 4.98 Å². The molecule has 0 N–H and O–H groups in total. The number of fused-ring (bicyclic) bond motifs is 1. The summed E-state index contributed by atoms with van der Waals surface area (Å²) in [7, 11) is 0. The number of hydrogen-bond donors (Lipinski definition) is 0. The lowest BCUT2D eigenvalue weighted by molar-refractivity contribution is 0.305. The van der Waals surface area contributed by atoms with Crippen LogP contribution in [0, 0.1) is 13.8 Å². The number of benzene rings is 2. The average Bonchev–Trinajstić information content (AvgIpc) is 3.41. The Hall–Kier alpha value is -3.67. The predicted octanol–water partition coefficient (Wildman–Crippen LogP) is 4.85. The van der Waals surface area contributed by atoms with Crippen molar-refractivity contribution < 1.29 is 14.0 Å². The Kier molecular flexibility index (Phi) is 4.67. The molecule has 3 heterocycles. The van der Waals surface area contributed by atoms with E-state index in [2.05, 4.69) is 41.1 Å². The standard InChI is InChI=1S/C24H21N3O3/c1-15-9-20-21(14-29-22(20)10-16(15)2)24-26-23(27-30-24)18-6-3-7-19(11-18)28-13-17-5-4-8-25-12-17/h3-12,21H,13-14H2,1-2H3/t21-/m1/s1. The normalized spacial score (nSPS) is 14.9. The molecular formula is C24H21N3O3. The van der Waals surface area contributed by atoms with Crippen molar-refractivity contribution >= 4 is 0 Å². The number of aryl methyl sites for hydroxylation is 2. The lowest BCUT2D eigenvalue weighted by Crippen LogP contribution is -2.03. The molecular weight excluding hydrogens is 378 g/mol. The monoisotopic (exact) mass is 399 g/mol. The fraction of sp³-hybridized carbons (Fsp3) is 0.208. The Labute approximate surface area is 174 Å². The van der Waals surface area contributed by atoms with E-state index in [4.69, 9.17) is 14.0 Å². The Morgan fingerprint density at radius 1 is 1.07 bits per heavy atom. The minimum atomic E-state index is -0.0504. The molecule has 30 heavy (non-hydrogen) atoms. The third kappa shape index (κ3) is 3.52. The summed E-state index contributed by atoms with van der Waals surface area (Å²) >= 11 is 0. The number of rotatable bonds is 5. The first-order valence-electron chi connectivity index (χ1n) is 9.87. The van der Waals surface area contributed by atoms with Crippen molar-refractivity contribution in [3.05, 3.63) is 89.1 Å². The number of aromatic nitrogens is 3. The summed E-state index contributed by atoms with van der Waals surface area (Å²) in [5, 5.41) is 4.20. The number of ether oxygens (including phenoxy) is 2. The van der Waals surface area contributed by atoms with Crippen LogP contribution in [0.2, 0.25) is 0 Å². The van der Waals surface area contributed by atoms with Gasteiger partial charge in [-0.25, -0.2) is 0 Å². The van der Waals surface area contributed by atoms with Crippen LogP contribution in [0.4, 0.5) is 0 Å². The highest BCUT2D eigenvalue weighted by molar-refractivity contribution is 5.57. The Morgan fingerprint density at radius 3 is 2.83 bits per heavy atom. The summed E-state index contributed by atoms with van der Waals surface area (Å²) in [6.07, 6.45) is 3.54. The molecule has 2 aromatic carbocycles. The third-order valence-corrected chi connectivity index (χ3v) is 5.37. The molecule has 1 aliphatic rings. The summed E-state index contributed by atoms with van der Waals surface area (Å²) in [5.41, 5.74) is 5.39. The lowest BCUT2D eigenvalue weighted by Gasteiger charge is -2.07. The smallest absolute Gasteiger partial charge is 0.238 e. The molecule has 2 aromatic heterocycles. The van der Waals surface area contributed by atoms with Crippen LogP contribution in [0.15, 0.2) is 65.4 Å². The summed E-state index contributed by atoms with van der Waals surface area (Å²) in [6, 6.07) is 15.8. The van der Waals surface area contributed by atoms with Gasteiger partial charge in [0, 0.05) is 29.1 Å². The first-order chi connectivity index (χ1) is 14.7. The van der Waals surface area contributed by atoms with Gasteiger partial charge < -0.3 is 14.0 Å². The SMILES string of the molecule is Cc1cc2c(cc1C)[C@H](c1nc(-c3cccc(OCc4cccnc4)c3)no1)CO2. The van der Waals surface area contributed by atoms with Gasteiger partial charge in [0.15, 0.2) is 0 Å². The Morgan fingerprint density at radius 2 is 1.97 bits per heavy atom. The number of pyridine rings is 1. The van der Waals surface area contributed by atoms with Gasteiger partial charge in [0.25, 0.3) is 0 Å². The molecule has 0 saturated heterocycles. The molecule has 0 spiro atoms. The minimum Gasteiger partial charge on any atom is -0.492 e. The van der Waals surface area contributed by atoms with Gasteiger partial charge in [0.1, 0.15) is 30.6 Å². The maximum Gasteiger partial charge on any atom is 0.238 e. The Bertz CT molecular complexity index is 1190. The highest BCUT2D eigenvalue weighted by atomic mass is 16.5. The molecule has 1 aliphatic heterocycles. The van der Waals surface area contributed by atoms with Crippen molar-refractivity contribution in [3.63, 3.8) is 0 Å². The van der Waals surface area contributed by atoms with Crippen LogP contribution in [-0.2, 0) is 6.61 Å². The van der Waals surface area contributed by atoms with Gasteiger partial charge in [-0.15, -0.1) is 0 Å². The van der Waals surface area contributed by atoms with Gasteiger partial charge in [-0.2, -0.15) is 4.98 Å². The quantitative estimate of drug-likeness (QED) is 0.478. The van der Waals surface area contributed by atoms with E-state index in [1.165, 1.54) is 11.1 Å². The fourth-order valence-electron chi connectivity index (χ4n) is 3.55. The van der Waals surface area contributed by atoms with E-state index in [9.17, 15) is 0 Å². The van der Waals surface area contributed by atoms with E-state index in [0.29, 0.717) is 24.9 Å². The molecule has 0 bridgehead atoms. The first-order valence-corrected chi connectivity index (χ1v) is 9.87. The molecule has 0 amide bonds. The summed E-state index contributed by atoms with van der Waals surface area (Å²) < 4.78 is 17.4. The van der Waals surface area contributed by atoms with Crippen LogP contribution >= 0.6 is 0 Å². The van der Waals surface area contributed by atoms with Crippen LogP contribution < -0.4 is 9.47 Å². The van der Waals surface area contributed by atoms with Gasteiger partial charge in [-0.1, -0.05) is 29.4 Å². The van der Waals surface area contributed by atoms with E-state index >= 15 is 0 Å². The summed E-state index contributed by atoms with van der Waals surface area (Å²) in [4.78, 5) is 8.76. The molecule has 0 radical (unpaired) electrons. The molecule has 5 rings (SSSR count). The van der Waals surface area contributed by atoms with Gasteiger partial charge >= 0.3 is 0 Å². The minimum absolute atomic E-state index is 0.0504. The molecule has 150 valence electrons. The zero-order chi connectivity index (χ0) is 20.5. The molecule has 0 saturated carbocycles. The van der Waals surface area contributed by atoms with Crippen molar-refractivity contribution in [1.82, 2.24) is 15.1 Å². The third-order valence-electron chi connectivity index (χ3n) is 5.37. The number of nitrogens with zero attached hydrogens (tertiary/aromatic N) is 3. The van der Waals surface area contributed by atoms with Crippen molar-refractivity contribution in [2.24, 2.45) is 0 Å². The zero-order valence-corrected chi connectivity index (χ0v) is 16.8. The van der Waals surface area contributed by atoms with Crippen molar-refractivity contribution in [1.29, 1.82) is 0 Å². The fourth-order valence-corrected chi connectivity index (χ4v) is 3.55. The molecule has 6 heteroatoms. The van der Waals surface area contributed by atoms with Gasteiger partial charge in [0.2, 0.25) is 11.7 Å². The second-order valence-electron chi connectivity index (χ2n) is 7.47. The Balaban J connectivity index is 1.36. The maximum atomic E-state index is 5.89. The van der Waals surface area contributed by atoms with Crippen LogP contribution in [0.3, 0.4) is 0 Å². The molecule has 0 fully saturated rings. The van der Waals surface area contributed by atoms with E-state index < -0.39 is 0 Å². The molecule has 0 aliphatic carbocycles. The highest BCUT2D eigenvalue weighted by Crippen LogP contribution is 2.39. The van der Waals surface area contributed by atoms with Crippen LogP contribution in [0.25, 0.3) is 11.4 Å². The average molecular weight is 399 g/mol. The predicted molar refractivity (Wildman–Crippen MR) is 112 cm³/mol. The van der Waals surface area contributed by atoms with E-state index in [-0.39, 0.29) is 5.92 Å². The van der Waals surface area contributed by atoms with Crippen molar-refractivity contribution in [2.45, 2.75) is 26.4 Å². The van der Waals surface area contributed by atoms with Gasteiger partial charge in [0.05, 0.1) is 0 Å². The second-order valence-corrected chi connectivity index (χ2v) is 7.47. The van der Waals surface area contributed by atoms with E-state index in [1.807, 2.05) is 36.4 Å². The van der Waals surface area contributed by atoms with Crippen LogP contribution in [-0.4, -0.2) is 21.7 Å². The first kappa shape index (κ1) is 18.4. The van der Waals surface area contributed by atoms with Crippen molar-refractivity contribution in [2.75, 3.05) is 6.61 Å².